The summed E-state index contributed by atoms with van der Waals surface area (Å²) in [5, 5.41) is 3.57. The Hall–Kier alpha value is -0.640. The fourth-order valence-corrected chi connectivity index (χ4v) is 3.09. The lowest BCUT2D eigenvalue weighted by Crippen LogP contribution is -2.27. The van der Waals surface area contributed by atoms with Gasteiger partial charge in [0.2, 0.25) is 0 Å². The standard InChI is InChI=1S/C15H20ClFN2/c16-14-3-1-2-12(15(14)17)9-18-8-11-6-7-19(10-11)13-4-5-13/h1-3,11,13,18H,4-10H2. The monoisotopic (exact) mass is 282 g/mol. The zero-order valence-corrected chi connectivity index (χ0v) is 11.8. The molecular formula is C15H20ClFN2. The van der Waals surface area contributed by atoms with Crippen LogP contribution in [0, 0.1) is 11.7 Å². The molecule has 104 valence electrons. The minimum atomic E-state index is -0.289. The molecule has 1 N–H and O–H groups in total. The molecule has 2 fully saturated rings. The number of rotatable bonds is 5. The van der Waals surface area contributed by atoms with Crippen LogP contribution in [0.5, 0.6) is 0 Å². The minimum absolute atomic E-state index is 0.208. The summed E-state index contributed by atoms with van der Waals surface area (Å²) in [6.07, 6.45) is 4.03. The molecule has 1 aliphatic carbocycles. The lowest BCUT2D eigenvalue weighted by Gasteiger charge is -2.15. The molecule has 1 aromatic rings. The first kappa shape index (κ1) is 13.3. The Morgan fingerprint density at radius 1 is 1.32 bits per heavy atom. The quantitative estimate of drug-likeness (QED) is 0.893. The van der Waals surface area contributed by atoms with Gasteiger partial charge >= 0.3 is 0 Å². The highest BCUT2D eigenvalue weighted by atomic mass is 35.5. The van der Waals surface area contributed by atoms with Crippen LogP contribution in [0.4, 0.5) is 4.39 Å². The molecule has 2 aliphatic rings. The van der Waals surface area contributed by atoms with Crippen molar-refractivity contribution in [2.75, 3.05) is 19.6 Å². The Kier molecular flexibility index (Phi) is 4.06. The van der Waals surface area contributed by atoms with Crippen LogP contribution in [0.3, 0.4) is 0 Å². The first-order chi connectivity index (χ1) is 9.24. The maximum Gasteiger partial charge on any atom is 0.146 e. The van der Waals surface area contributed by atoms with Crippen molar-refractivity contribution < 1.29 is 4.39 Å². The van der Waals surface area contributed by atoms with Gasteiger partial charge in [0.15, 0.2) is 0 Å². The molecule has 0 spiro atoms. The van der Waals surface area contributed by atoms with Crippen LogP contribution >= 0.6 is 11.6 Å². The highest BCUT2D eigenvalue weighted by Gasteiger charge is 2.33. The first-order valence-corrected chi connectivity index (χ1v) is 7.49. The molecule has 0 amide bonds. The fourth-order valence-electron chi connectivity index (χ4n) is 2.90. The third kappa shape index (κ3) is 3.28. The van der Waals surface area contributed by atoms with Crippen LogP contribution in [0.15, 0.2) is 18.2 Å². The van der Waals surface area contributed by atoms with Crippen molar-refractivity contribution in [1.82, 2.24) is 10.2 Å². The van der Waals surface area contributed by atoms with Crippen molar-refractivity contribution in [3.63, 3.8) is 0 Å². The summed E-state index contributed by atoms with van der Waals surface area (Å²) in [5.74, 6) is 0.422. The van der Waals surface area contributed by atoms with Crippen molar-refractivity contribution in [3.05, 3.63) is 34.6 Å². The highest BCUT2D eigenvalue weighted by Crippen LogP contribution is 2.31. The predicted molar refractivity (Wildman–Crippen MR) is 75.8 cm³/mol. The van der Waals surface area contributed by atoms with Crippen molar-refractivity contribution in [2.45, 2.75) is 31.8 Å². The summed E-state index contributed by atoms with van der Waals surface area (Å²) in [4.78, 5) is 2.60. The van der Waals surface area contributed by atoms with Crippen LogP contribution in [-0.4, -0.2) is 30.6 Å². The van der Waals surface area contributed by atoms with Crippen LogP contribution in [0.1, 0.15) is 24.8 Å². The largest absolute Gasteiger partial charge is 0.312 e. The Labute approximate surface area is 118 Å². The van der Waals surface area contributed by atoms with Gasteiger partial charge in [-0.1, -0.05) is 23.7 Å². The first-order valence-electron chi connectivity index (χ1n) is 7.11. The van der Waals surface area contributed by atoms with E-state index >= 15 is 0 Å². The minimum Gasteiger partial charge on any atom is -0.312 e. The van der Waals surface area contributed by atoms with E-state index < -0.39 is 0 Å². The molecule has 1 aliphatic heterocycles. The molecule has 1 atom stereocenters. The molecule has 0 radical (unpaired) electrons. The number of halogens is 2. The second-order valence-electron chi connectivity index (χ2n) is 5.72. The number of likely N-dealkylation sites (tertiary alicyclic amines) is 1. The molecule has 1 aromatic carbocycles. The van der Waals surface area contributed by atoms with Crippen LogP contribution in [0.2, 0.25) is 5.02 Å². The van der Waals surface area contributed by atoms with E-state index in [1.54, 1.807) is 18.2 Å². The van der Waals surface area contributed by atoms with E-state index in [1.807, 2.05) is 0 Å². The molecule has 3 rings (SSSR count). The molecular weight excluding hydrogens is 263 g/mol. The molecule has 4 heteroatoms. The fraction of sp³-hybridized carbons (Fsp3) is 0.600. The van der Waals surface area contributed by atoms with E-state index in [4.69, 9.17) is 11.6 Å². The van der Waals surface area contributed by atoms with Crippen LogP contribution in [-0.2, 0) is 6.54 Å². The van der Waals surface area contributed by atoms with Gasteiger partial charge < -0.3 is 10.2 Å². The normalized spacial score (nSPS) is 24.0. The lowest BCUT2D eigenvalue weighted by atomic mass is 10.1. The van der Waals surface area contributed by atoms with Gasteiger partial charge in [0.25, 0.3) is 0 Å². The number of benzene rings is 1. The Morgan fingerprint density at radius 2 is 2.16 bits per heavy atom. The average Bonchev–Trinajstić information content (AvgIpc) is 3.15. The van der Waals surface area contributed by atoms with Gasteiger partial charge in [-0.05, 0) is 44.3 Å². The number of hydrogen-bond donors (Lipinski definition) is 1. The smallest absolute Gasteiger partial charge is 0.146 e. The Balaban J connectivity index is 1.44. The molecule has 1 saturated heterocycles. The summed E-state index contributed by atoms with van der Waals surface area (Å²) in [5.41, 5.74) is 0.657. The van der Waals surface area contributed by atoms with Gasteiger partial charge in [-0.25, -0.2) is 4.39 Å². The van der Waals surface area contributed by atoms with Gasteiger partial charge in [0, 0.05) is 24.7 Å². The second kappa shape index (κ2) is 5.78. The third-order valence-electron chi connectivity index (χ3n) is 4.16. The van der Waals surface area contributed by atoms with E-state index in [1.165, 1.54) is 32.4 Å². The highest BCUT2D eigenvalue weighted by molar-refractivity contribution is 6.30. The lowest BCUT2D eigenvalue weighted by molar-refractivity contribution is 0.311. The number of nitrogens with zero attached hydrogens (tertiary/aromatic N) is 1. The third-order valence-corrected chi connectivity index (χ3v) is 4.45. The van der Waals surface area contributed by atoms with Gasteiger partial charge in [-0.15, -0.1) is 0 Å². The molecule has 0 bridgehead atoms. The van der Waals surface area contributed by atoms with Gasteiger partial charge in [-0.2, -0.15) is 0 Å². The summed E-state index contributed by atoms with van der Waals surface area (Å²) in [6, 6.07) is 6.05. The molecule has 0 aromatic heterocycles. The number of hydrogen-bond acceptors (Lipinski definition) is 2. The van der Waals surface area contributed by atoms with Gasteiger partial charge in [0.1, 0.15) is 5.82 Å². The maximum atomic E-state index is 13.7. The zero-order chi connectivity index (χ0) is 13.2. The van der Waals surface area contributed by atoms with Crippen LogP contribution < -0.4 is 5.32 Å². The van der Waals surface area contributed by atoms with Gasteiger partial charge in [0.05, 0.1) is 5.02 Å². The Bertz CT molecular complexity index is 448. The molecule has 19 heavy (non-hydrogen) atoms. The predicted octanol–water partition coefficient (Wildman–Crippen LogP) is 3.05. The van der Waals surface area contributed by atoms with E-state index in [0.717, 1.165) is 12.6 Å². The van der Waals surface area contributed by atoms with E-state index in [0.29, 0.717) is 18.0 Å². The SMILES string of the molecule is Fc1c(Cl)cccc1CNCC1CCN(C2CC2)C1. The summed E-state index contributed by atoms with van der Waals surface area (Å²) >= 11 is 5.77. The van der Waals surface area contributed by atoms with Gasteiger partial charge in [-0.3, -0.25) is 0 Å². The van der Waals surface area contributed by atoms with E-state index in [-0.39, 0.29) is 10.8 Å². The molecule has 1 heterocycles. The van der Waals surface area contributed by atoms with E-state index in [2.05, 4.69) is 10.2 Å². The van der Waals surface area contributed by atoms with Crippen LogP contribution in [0.25, 0.3) is 0 Å². The van der Waals surface area contributed by atoms with Crippen molar-refractivity contribution in [1.29, 1.82) is 0 Å². The second-order valence-corrected chi connectivity index (χ2v) is 6.13. The molecule has 2 nitrogen and oxygen atoms in total. The summed E-state index contributed by atoms with van der Waals surface area (Å²) in [7, 11) is 0. The van der Waals surface area contributed by atoms with Crippen molar-refractivity contribution in [3.8, 4) is 0 Å². The maximum absolute atomic E-state index is 13.7. The molecule has 1 unspecified atom stereocenters. The summed E-state index contributed by atoms with van der Waals surface area (Å²) in [6.45, 7) is 3.97. The Morgan fingerprint density at radius 3 is 2.95 bits per heavy atom. The van der Waals surface area contributed by atoms with Crippen molar-refractivity contribution >= 4 is 11.6 Å². The zero-order valence-electron chi connectivity index (χ0n) is 11.0. The molecule has 1 saturated carbocycles. The van der Waals surface area contributed by atoms with E-state index in [9.17, 15) is 4.39 Å². The average molecular weight is 283 g/mol. The van der Waals surface area contributed by atoms with Crippen molar-refractivity contribution in [2.24, 2.45) is 5.92 Å². The topological polar surface area (TPSA) is 15.3 Å². The summed E-state index contributed by atoms with van der Waals surface area (Å²) < 4.78 is 13.7. The number of nitrogens with one attached hydrogen (secondary N) is 1.